The zero-order valence-corrected chi connectivity index (χ0v) is 18.2. The number of rotatable bonds is 6. The number of benzene rings is 3. The van der Waals surface area contributed by atoms with Crippen molar-refractivity contribution in [2.24, 2.45) is 0 Å². The van der Waals surface area contributed by atoms with Crippen molar-refractivity contribution in [3.8, 4) is 11.5 Å². The Hall–Kier alpha value is -3.64. The summed E-state index contributed by atoms with van der Waals surface area (Å²) < 4.78 is 24.0. The summed E-state index contributed by atoms with van der Waals surface area (Å²) in [5.74, 6) is 0.905. The molecule has 1 N–H and O–H groups in total. The van der Waals surface area contributed by atoms with Gasteiger partial charge in [0.25, 0.3) is 0 Å². The average molecular weight is 451 g/mol. The zero-order chi connectivity index (χ0) is 22.7. The minimum Gasteiger partial charge on any atom is -0.465 e. The molecule has 162 valence electrons. The molecule has 0 saturated carbocycles. The maximum absolute atomic E-state index is 13.3. The first-order valence-electron chi connectivity index (χ1n) is 9.91. The normalized spacial score (nSPS) is 11.8. The number of aromatic nitrogens is 1. The molecule has 4 rings (SSSR count). The van der Waals surface area contributed by atoms with Gasteiger partial charge in [-0.15, -0.1) is 0 Å². The molecule has 0 fully saturated rings. The number of anilines is 1. The van der Waals surface area contributed by atoms with Crippen molar-refractivity contribution in [1.29, 1.82) is 0 Å². The number of methoxy groups -OCH3 is 1. The lowest BCUT2D eigenvalue weighted by Gasteiger charge is -2.19. The molecular formula is C25H20ClFN2O3. The fourth-order valence-electron chi connectivity index (χ4n) is 3.37. The molecule has 32 heavy (non-hydrogen) atoms. The van der Waals surface area contributed by atoms with Gasteiger partial charge in [0.1, 0.15) is 23.1 Å². The van der Waals surface area contributed by atoms with Crippen molar-refractivity contribution in [1.82, 2.24) is 4.98 Å². The third-order valence-corrected chi connectivity index (χ3v) is 5.39. The molecule has 3 aromatic carbocycles. The lowest BCUT2D eigenvalue weighted by atomic mass is 10.1. The Morgan fingerprint density at radius 2 is 1.75 bits per heavy atom. The highest BCUT2D eigenvalue weighted by Crippen LogP contribution is 2.38. The van der Waals surface area contributed by atoms with E-state index in [1.54, 1.807) is 42.6 Å². The number of hydrogen-bond acceptors (Lipinski definition) is 5. The zero-order valence-electron chi connectivity index (χ0n) is 17.4. The molecule has 0 bridgehead atoms. The van der Waals surface area contributed by atoms with Crippen molar-refractivity contribution in [2.75, 3.05) is 12.4 Å². The number of carbonyl (C=O) groups is 1. The maximum atomic E-state index is 13.3. The van der Waals surface area contributed by atoms with Crippen LogP contribution < -0.4 is 10.1 Å². The van der Waals surface area contributed by atoms with Gasteiger partial charge in [-0.3, -0.25) is 0 Å². The second-order valence-corrected chi connectivity index (χ2v) is 7.57. The van der Waals surface area contributed by atoms with E-state index >= 15 is 0 Å². The van der Waals surface area contributed by atoms with Crippen LogP contribution in [0.3, 0.4) is 0 Å². The Morgan fingerprint density at radius 3 is 2.44 bits per heavy atom. The van der Waals surface area contributed by atoms with Crippen LogP contribution >= 0.6 is 11.6 Å². The quantitative estimate of drug-likeness (QED) is 0.328. The van der Waals surface area contributed by atoms with E-state index in [-0.39, 0.29) is 17.8 Å². The molecule has 0 aliphatic carbocycles. The van der Waals surface area contributed by atoms with Crippen molar-refractivity contribution < 1.29 is 18.7 Å². The summed E-state index contributed by atoms with van der Waals surface area (Å²) in [6.45, 7) is 1.98. The van der Waals surface area contributed by atoms with Crippen LogP contribution in [0.15, 0.2) is 72.9 Å². The van der Waals surface area contributed by atoms with Gasteiger partial charge in [0.05, 0.1) is 18.1 Å². The smallest absolute Gasteiger partial charge is 0.337 e. The first-order valence-corrected chi connectivity index (χ1v) is 10.3. The molecule has 0 amide bonds. The van der Waals surface area contributed by atoms with Crippen LogP contribution in [0, 0.1) is 5.82 Å². The van der Waals surface area contributed by atoms with E-state index < -0.39 is 0 Å². The number of ether oxygens (including phenoxy) is 2. The highest BCUT2D eigenvalue weighted by molar-refractivity contribution is 6.36. The molecule has 1 heterocycles. The number of esters is 1. The van der Waals surface area contributed by atoms with Crippen LogP contribution in [0.1, 0.15) is 28.9 Å². The van der Waals surface area contributed by atoms with Crippen molar-refractivity contribution in [3.63, 3.8) is 0 Å². The van der Waals surface area contributed by atoms with E-state index in [1.807, 2.05) is 25.1 Å². The molecule has 7 heteroatoms. The van der Waals surface area contributed by atoms with E-state index in [4.69, 9.17) is 21.1 Å². The van der Waals surface area contributed by atoms with Crippen LogP contribution in [0.2, 0.25) is 5.02 Å². The summed E-state index contributed by atoms with van der Waals surface area (Å²) in [7, 11) is 1.35. The fourth-order valence-corrected chi connectivity index (χ4v) is 3.59. The van der Waals surface area contributed by atoms with Crippen molar-refractivity contribution in [3.05, 3.63) is 94.9 Å². The van der Waals surface area contributed by atoms with Gasteiger partial charge in [-0.2, -0.15) is 0 Å². The molecule has 0 aliphatic rings. The van der Waals surface area contributed by atoms with Gasteiger partial charge >= 0.3 is 5.97 Å². The summed E-state index contributed by atoms with van der Waals surface area (Å²) in [6, 6.07) is 18.2. The van der Waals surface area contributed by atoms with Crippen LogP contribution in [-0.2, 0) is 4.74 Å². The Bertz CT molecular complexity index is 1260. The summed E-state index contributed by atoms with van der Waals surface area (Å²) in [5, 5.41) is 5.45. The molecule has 1 atom stereocenters. The molecule has 0 aliphatic heterocycles. The fraction of sp³-hybridized carbons (Fsp3) is 0.120. The standard InChI is InChI=1S/C25H20ClFN2O3/c1-15(16-3-5-17(6-4-16)25(30)31-2)29-24-23-20(13-14-28-24)21(26)11-12-22(23)32-19-9-7-18(27)8-10-19/h3-15H,1-2H3,(H,28,29)/t15-/m0/s1. The summed E-state index contributed by atoms with van der Waals surface area (Å²) in [4.78, 5) is 16.2. The lowest BCUT2D eigenvalue weighted by molar-refractivity contribution is 0.0600. The van der Waals surface area contributed by atoms with Gasteiger partial charge in [-0.25, -0.2) is 14.2 Å². The Morgan fingerprint density at radius 1 is 1.03 bits per heavy atom. The van der Waals surface area contributed by atoms with Gasteiger partial charge in [-0.05, 0) is 67.1 Å². The number of fused-ring (bicyclic) bond motifs is 1. The Balaban J connectivity index is 1.68. The van der Waals surface area contributed by atoms with Gasteiger partial charge in [0, 0.05) is 22.6 Å². The van der Waals surface area contributed by atoms with Crippen molar-refractivity contribution in [2.45, 2.75) is 13.0 Å². The van der Waals surface area contributed by atoms with Gasteiger partial charge in [0.15, 0.2) is 0 Å². The van der Waals surface area contributed by atoms with E-state index in [0.29, 0.717) is 33.3 Å². The first kappa shape index (κ1) is 21.6. The van der Waals surface area contributed by atoms with Crippen LogP contribution in [0.5, 0.6) is 11.5 Å². The van der Waals surface area contributed by atoms with Gasteiger partial charge in [0.2, 0.25) is 0 Å². The second kappa shape index (κ2) is 9.24. The molecule has 0 spiro atoms. The number of nitrogens with zero attached hydrogens (tertiary/aromatic N) is 1. The Kier molecular flexibility index (Phi) is 6.23. The molecule has 0 unspecified atom stereocenters. The predicted molar refractivity (Wildman–Crippen MR) is 123 cm³/mol. The summed E-state index contributed by atoms with van der Waals surface area (Å²) >= 11 is 6.43. The summed E-state index contributed by atoms with van der Waals surface area (Å²) in [5.41, 5.74) is 1.44. The maximum Gasteiger partial charge on any atom is 0.337 e. The average Bonchev–Trinajstić information content (AvgIpc) is 2.82. The summed E-state index contributed by atoms with van der Waals surface area (Å²) in [6.07, 6.45) is 1.67. The monoisotopic (exact) mass is 450 g/mol. The molecule has 1 aromatic heterocycles. The van der Waals surface area contributed by atoms with Crippen LogP contribution in [-0.4, -0.2) is 18.1 Å². The third-order valence-electron chi connectivity index (χ3n) is 5.06. The number of pyridine rings is 1. The number of hydrogen-bond donors (Lipinski definition) is 1. The topological polar surface area (TPSA) is 60.5 Å². The van der Waals surface area contributed by atoms with Crippen LogP contribution in [0.4, 0.5) is 10.2 Å². The van der Waals surface area contributed by atoms with E-state index in [1.165, 1.54) is 19.2 Å². The van der Waals surface area contributed by atoms with Crippen LogP contribution in [0.25, 0.3) is 10.8 Å². The number of halogens is 2. The third kappa shape index (κ3) is 4.50. The predicted octanol–water partition coefficient (Wildman–Crippen LogP) is 6.78. The molecule has 0 saturated heterocycles. The van der Waals surface area contributed by atoms with E-state index in [9.17, 15) is 9.18 Å². The second-order valence-electron chi connectivity index (χ2n) is 7.16. The molecular weight excluding hydrogens is 431 g/mol. The highest BCUT2D eigenvalue weighted by Gasteiger charge is 2.16. The van der Waals surface area contributed by atoms with Gasteiger partial charge < -0.3 is 14.8 Å². The minimum atomic E-state index is -0.384. The van der Waals surface area contributed by atoms with E-state index in [2.05, 4.69) is 10.3 Å². The largest absolute Gasteiger partial charge is 0.465 e. The Labute approximate surface area is 189 Å². The first-order chi connectivity index (χ1) is 15.5. The van der Waals surface area contributed by atoms with Crippen molar-refractivity contribution >= 4 is 34.2 Å². The number of carbonyl (C=O) groups excluding carboxylic acids is 1. The molecule has 4 aromatic rings. The molecule has 0 radical (unpaired) electrons. The SMILES string of the molecule is COC(=O)c1ccc([C@H](C)Nc2nccc3c(Cl)ccc(Oc4ccc(F)cc4)c23)cc1. The lowest BCUT2D eigenvalue weighted by Crippen LogP contribution is -2.09. The van der Waals surface area contributed by atoms with E-state index in [0.717, 1.165) is 10.9 Å². The molecule has 5 nitrogen and oxygen atoms in total. The minimum absolute atomic E-state index is 0.127. The highest BCUT2D eigenvalue weighted by atomic mass is 35.5. The number of nitrogens with one attached hydrogen (secondary N) is 1. The van der Waals surface area contributed by atoms with Gasteiger partial charge in [-0.1, -0.05) is 23.7 Å².